The van der Waals surface area contributed by atoms with E-state index in [-0.39, 0.29) is 6.42 Å². The van der Waals surface area contributed by atoms with Crippen LogP contribution >= 0.6 is 0 Å². The average molecular weight is 257 g/mol. The van der Waals surface area contributed by atoms with Crippen molar-refractivity contribution in [3.63, 3.8) is 0 Å². The standard InChI is InChI=1S/C16H19NO2/c1-11-5-4-7-13-12-6-2-3-8-14(12)17(16(11)13)10-9-15(18)19/h4-5,7H,2-3,6,8-10H2,1H3,(H,18,19). The molecule has 0 unspecified atom stereocenters. The molecule has 19 heavy (non-hydrogen) atoms. The lowest BCUT2D eigenvalue weighted by Crippen LogP contribution is -2.11. The van der Waals surface area contributed by atoms with Gasteiger partial charge in [0.15, 0.2) is 0 Å². The predicted octanol–water partition coefficient (Wildman–Crippen LogP) is 3.30. The molecular weight excluding hydrogens is 238 g/mol. The quantitative estimate of drug-likeness (QED) is 0.916. The highest BCUT2D eigenvalue weighted by atomic mass is 16.4. The smallest absolute Gasteiger partial charge is 0.305 e. The fourth-order valence-corrected chi connectivity index (χ4v) is 3.33. The number of hydrogen-bond donors (Lipinski definition) is 1. The van der Waals surface area contributed by atoms with Gasteiger partial charge < -0.3 is 9.67 Å². The number of rotatable bonds is 3. The number of hydrogen-bond acceptors (Lipinski definition) is 1. The van der Waals surface area contributed by atoms with E-state index in [9.17, 15) is 4.79 Å². The minimum absolute atomic E-state index is 0.199. The van der Waals surface area contributed by atoms with Crippen molar-refractivity contribution in [1.29, 1.82) is 0 Å². The van der Waals surface area contributed by atoms with Gasteiger partial charge in [-0.25, -0.2) is 0 Å². The van der Waals surface area contributed by atoms with Gasteiger partial charge in [-0.1, -0.05) is 18.2 Å². The van der Waals surface area contributed by atoms with Crippen molar-refractivity contribution in [1.82, 2.24) is 4.57 Å². The number of carbonyl (C=O) groups is 1. The van der Waals surface area contributed by atoms with E-state index in [2.05, 4.69) is 29.7 Å². The van der Waals surface area contributed by atoms with Crippen molar-refractivity contribution in [2.75, 3.05) is 0 Å². The van der Waals surface area contributed by atoms with Crippen LogP contribution in [-0.4, -0.2) is 15.6 Å². The predicted molar refractivity (Wildman–Crippen MR) is 75.6 cm³/mol. The van der Waals surface area contributed by atoms with Crippen molar-refractivity contribution >= 4 is 16.9 Å². The van der Waals surface area contributed by atoms with Crippen LogP contribution in [0.5, 0.6) is 0 Å². The van der Waals surface area contributed by atoms with Gasteiger partial charge in [-0.2, -0.15) is 0 Å². The first-order valence-corrected chi connectivity index (χ1v) is 7.00. The zero-order chi connectivity index (χ0) is 13.4. The maximum absolute atomic E-state index is 10.9. The lowest BCUT2D eigenvalue weighted by atomic mass is 9.95. The third-order valence-electron chi connectivity index (χ3n) is 4.15. The topological polar surface area (TPSA) is 42.2 Å². The van der Waals surface area contributed by atoms with Crippen molar-refractivity contribution in [2.45, 2.75) is 45.6 Å². The van der Waals surface area contributed by atoms with Gasteiger partial charge in [0.1, 0.15) is 0 Å². The summed E-state index contributed by atoms with van der Waals surface area (Å²) in [5.74, 6) is -0.722. The lowest BCUT2D eigenvalue weighted by Gasteiger charge is -2.15. The maximum atomic E-state index is 10.9. The first-order valence-electron chi connectivity index (χ1n) is 7.00. The minimum Gasteiger partial charge on any atom is -0.481 e. The van der Waals surface area contributed by atoms with Crippen LogP contribution in [0.1, 0.15) is 36.1 Å². The van der Waals surface area contributed by atoms with Gasteiger partial charge in [-0.05, 0) is 43.7 Å². The Morgan fingerprint density at radius 2 is 2.11 bits per heavy atom. The van der Waals surface area contributed by atoms with Crippen LogP contribution < -0.4 is 0 Å². The second-order valence-electron chi connectivity index (χ2n) is 5.40. The van der Waals surface area contributed by atoms with E-state index in [0.29, 0.717) is 6.54 Å². The van der Waals surface area contributed by atoms with Crippen LogP contribution in [0.15, 0.2) is 18.2 Å². The van der Waals surface area contributed by atoms with Crippen LogP contribution in [0, 0.1) is 6.92 Å². The molecule has 0 fully saturated rings. The summed E-state index contributed by atoms with van der Waals surface area (Å²) in [6.45, 7) is 2.71. The molecule has 2 aromatic rings. The van der Waals surface area contributed by atoms with Crippen LogP contribution in [0.2, 0.25) is 0 Å². The van der Waals surface area contributed by atoms with Crippen molar-refractivity contribution in [2.24, 2.45) is 0 Å². The monoisotopic (exact) mass is 257 g/mol. The first kappa shape index (κ1) is 12.3. The number of nitrogens with zero attached hydrogens (tertiary/aromatic N) is 1. The average Bonchev–Trinajstić information content (AvgIpc) is 2.72. The summed E-state index contributed by atoms with van der Waals surface area (Å²) in [6.07, 6.45) is 4.89. The number of para-hydroxylation sites is 1. The van der Waals surface area contributed by atoms with E-state index in [1.54, 1.807) is 0 Å². The molecule has 3 nitrogen and oxygen atoms in total. The maximum Gasteiger partial charge on any atom is 0.305 e. The second kappa shape index (κ2) is 4.72. The first-order chi connectivity index (χ1) is 9.18. The third kappa shape index (κ3) is 2.03. The van der Waals surface area contributed by atoms with E-state index in [1.807, 2.05) is 0 Å². The Labute approximate surface area is 112 Å². The highest BCUT2D eigenvalue weighted by Crippen LogP contribution is 2.33. The van der Waals surface area contributed by atoms with Gasteiger partial charge in [0.25, 0.3) is 0 Å². The van der Waals surface area contributed by atoms with Crippen LogP contribution in [0.3, 0.4) is 0 Å². The van der Waals surface area contributed by atoms with E-state index in [1.165, 1.54) is 40.6 Å². The molecule has 1 aliphatic rings. The third-order valence-corrected chi connectivity index (χ3v) is 4.15. The van der Waals surface area contributed by atoms with E-state index < -0.39 is 5.97 Å². The van der Waals surface area contributed by atoms with Gasteiger partial charge in [-0.15, -0.1) is 0 Å². The number of aliphatic carboxylic acids is 1. The van der Waals surface area contributed by atoms with Gasteiger partial charge in [0.05, 0.1) is 11.9 Å². The summed E-state index contributed by atoms with van der Waals surface area (Å²) in [5.41, 5.74) is 5.32. The van der Waals surface area contributed by atoms with Gasteiger partial charge in [0, 0.05) is 17.6 Å². The summed E-state index contributed by atoms with van der Waals surface area (Å²) in [6, 6.07) is 6.41. The van der Waals surface area contributed by atoms with Crippen LogP contribution in [0.25, 0.3) is 10.9 Å². The molecule has 1 aliphatic carbocycles. The number of carboxylic acid groups (broad SMARTS) is 1. The normalized spacial score (nSPS) is 14.6. The summed E-state index contributed by atoms with van der Waals surface area (Å²) in [7, 11) is 0. The Morgan fingerprint density at radius 3 is 2.89 bits per heavy atom. The zero-order valence-corrected chi connectivity index (χ0v) is 11.3. The molecule has 0 bridgehead atoms. The number of aryl methyl sites for hydroxylation is 3. The molecule has 0 saturated carbocycles. The van der Waals surface area contributed by atoms with Gasteiger partial charge in [-0.3, -0.25) is 4.79 Å². The second-order valence-corrected chi connectivity index (χ2v) is 5.40. The zero-order valence-electron chi connectivity index (χ0n) is 11.3. The molecule has 1 heterocycles. The molecule has 3 rings (SSSR count). The number of aromatic nitrogens is 1. The highest BCUT2D eigenvalue weighted by molar-refractivity contribution is 5.88. The summed E-state index contributed by atoms with van der Waals surface area (Å²) >= 11 is 0. The van der Waals surface area contributed by atoms with E-state index in [4.69, 9.17) is 5.11 Å². The lowest BCUT2D eigenvalue weighted by molar-refractivity contribution is -0.137. The number of fused-ring (bicyclic) bond motifs is 3. The molecule has 0 aliphatic heterocycles. The number of carboxylic acids is 1. The van der Waals surface area contributed by atoms with Gasteiger partial charge >= 0.3 is 5.97 Å². The van der Waals surface area contributed by atoms with Crippen LogP contribution in [-0.2, 0) is 24.2 Å². The van der Waals surface area contributed by atoms with Crippen molar-refractivity contribution in [3.8, 4) is 0 Å². The molecule has 0 radical (unpaired) electrons. The van der Waals surface area contributed by atoms with Crippen molar-refractivity contribution in [3.05, 3.63) is 35.0 Å². The summed E-state index contributed by atoms with van der Waals surface area (Å²) in [4.78, 5) is 10.9. The number of benzene rings is 1. The summed E-state index contributed by atoms with van der Waals surface area (Å²) < 4.78 is 2.26. The van der Waals surface area contributed by atoms with Crippen LogP contribution in [0.4, 0.5) is 0 Å². The molecule has 0 spiro atoms. The fourth-order valence-electron chi connectivity index (χ4n) is 3.33. The van der Waals surface area contributed by atoms with Gasteiger partial charge in [0.2, 0.25) is 0 Å². The fraction of sp³-hybridized carbons (Fsp3) is 0.438. The largest absolute Gasteiger partial charge is 0.481 e. The summed E-state index contributed by atoms with van der Waals surface area (Å²) in [5, 5.41) is 10.3. The Kier molecular flexibility index (Phi) is 3.05. The Bertz CT molecular complexity index is 640. The molecule has 1 aromatic heterocycles. The van der Waals surface area contributed by atoms with Crippen molar-refractivity contribution < 1.29 is 9.90 Å². The molecule has 1 aromatic carbocycles. The Balaban J connectivity index is 2.19. The van der Waals surface area contributed by atoms with E-state index in [0.717, 1.165) is 12.8 Å². The van der Waals surface area contributed by atoms with E-state index >= 15 is 0 Å². The SMILES string of the molecule is Cc1cccc2c3c(n(CCC(=O)O)c12)CCCC3. The Hall–Kier alpha value is -1.77. The molecule has 100 valence electrons. The highest BCUT2D eigenvalue weighted by Gasteiger charge is 2.20. The molecule has 1 N–H and O–H groups in total. The Morgan fingerprint density at radius 1 is 1.32 bits per heavy atom. The molecular formula is C16H19NO2. The minimum atomic E-state index is -0.722. The molecule has 3 heteroatoms. The molecule has 0 atom stereocenters. The molecule has 0 amide bonds. The molecule has 0 saturated heterocycles.